The van der Waals surface area contributed by atoms with Gasteiger partial charge in [0.15, 0.2) is 6.10 Å². The first-order chi connectivity index (χ1) is 13.6. The summed E-state index contributed by atoms with van der Waals surface area (Å²) in [6.45, 7) is 7.16. The van der Waals surface area contributed by atoms with Crippen LogP contribution >= 0.6 is 0 Å². The third kappa shape index (κ3) is 7.65. The lowest BCUT2D eigenvalue weighted by atomic mass is 10.2. The van der Waals surface area contributed by atoms with Crippen molar-refractivity contribution in [1.82, 2.24) is 5.32 Å². The van der Waals surface area contributed by atoms with Gasteiger partial charge >= 0.3 is 12.1 Å². The molecule has 2 aromatic rings. The fourth-order valence-electron chi connectivity index (χ4n) is 2.32. The highest BCUT2D eigenvalue weighted by Gasteiger charge is 2.19. The van der Waals surface area contributed by atoms with Gasteiger partial charge in [-0.3, -0.25) is 10.1 Å². The summed E-state index contributed by atoms with van der Waals surface area (Å²) in [5.41, 5.74) is 1.09. The zero-order chi connectivity index (χ0) is 21.4. The first kappa shape index (κ1) is 21.9. The molecule has 7 nitrogen and oxygen atoms in total. The van der Waals surface area contributed by atoms with Crippen LogP contribution < -0.4 is 10.6 Å². The van der Waals surface area contributed by atoms with Gasteiger partial charge in [0.1, 0.15) is 5.60 Å². The monoisotopic (exact) mass is 398 g/mol. The van der Waals surface area contributed by atoms with Gasteiger partial charge in [-0.2, -0.15) is 0 Å². The Hall–Kier alpha value is -3.35. The van der Waals surface area contributed by atoms with E-state index >= 15 is 0 Å². The highest BCUT2D eigenvalue weighted by molar-refractivity contribution is 5.93. The minimum Gasteiger partial charge on any atom is -0.449 e. The first-order valence-electron chi connectivity index (χ1n) is 9.27. The van der Waals surface area contributed by atoms with Crippen LogP contribution in [0.15, 0.2) is 54.6 Å². The molecule has 0 heterocycles. The Morgan fingerprint density at radius 1 is 0.966 bits per heavy atom. The molecular formula is C22H26N2O5. The highest BCUT2D eigenvalue weighted by Crippen LogP contribution is 2.14. The van der Waals surface area contributed by atoms with Crippen molar-refractivity contribution in [2.75, 3.05) is 5.32 Å². The van der Waals surface area contributed by atoms with Crippen molar-refractivity contribution in [1.29, 1.82) is 0 Å². The minimum absolute atomic E-state index is 0.266. The Bertz CT molecular complexity index is 842. The predicted molar refractivity (Wildman–Crippen MR) is 109 cm³/mol. The summed E-state index contributed by atoms with van der Waals surface area (Å²) in [6.07, 6.45) is -1.53. The molecule has 0 aliphatic rings. The van der Waals surface area contributed by atoms with E-state index in [9.17, 15) is 14.4 Å². The van der Waals surface area contributed by atoms with Crippen LogP contribution in [0.5, 0.6) is 0 Å². The van der Waals surface area contributed by atoms with Gasteiger partial charge < -0.3 is 14.8 Å². The van der Waals surface area contributed by atoms with E-state index in [0.717, 1.165) is 5.56 Å². The molecule has 7 heteroatoms. The number of esters is 1. The maximum atomic E-state index is 12.2. The molecule has 2 aromatic carbocycles. The van der Waals surface area contributed by atoms with E-state index in [1.807, 2.05) is 30.3 Å². The summed E-state index contributed by atoms with van der Waals surface area (Å²) in [6, 6.07) is 15.6. The zero-order valence-corrected chi connectivity index (χ0v) is 17.0. The highest BCUT2D eigenvalue weighted by atomic mass is 16.6. The quantitative estimate of drug-likeness (QED) is 0.720. The molecule has 2 rings (SSSR count). The maximum Gasteiger partial charge on any atom is 0.412 e. The van der Waals surface area contributed by atoms with Crippen molar-refractivity contribution < 1.29 is 23.9 Å². The molecule has 0 fully saturated rings. The van der Waals surface area contributed by atoms with Crippen LogP contribution in [0.3, 0.4) is 0 Å². The molecule has 2 amide bonds. The van der Waals surface area contributed by atoms with Gasteiger partial charge in [0.25, 0.3) is 5.91 Å². The smallest absolute Gasteiger partial charge is 0.412 e. The van der Waals surface area contributed by atoms with Crippen LogP contribution in [-0.2, 0) is 20.8 Å². The van der Waals surface area contributed by atoms with Gasteiger partial charge in [0.05, 0.1) is 5.56 Å². The number of carbonyl (C=O) groups excluding carboxylic acids is 3. The van der Waals surface area contributed by atoms with E-state index in [4.69, 9.17) is 9.47 Å². The van der Waals surface area contributed by atoms with E-state index in [-0.39, 0.29) is 11.5 Å². The standard InChI is InChI=1S/C22H26N2O5/c1-15(19(25)23-14-16-8-6-5-7-9-16)28-20(26)17-10-12-18(13-11-17)24-21(27)29-22(2,3)4/h5-13,15H,14H2,1-4H3,(H,23,25)(H,24,27)/t15-/m1/s1. The molecule has 0 aliphatic carbocycles. The lowest BCUT2D eigenvalue weighted by molar-refractivity contribution is -0.129. The molecule has 29 heavy (non-hydrogen) atoms. The fourth-order valence-corrected chi connectivity index (χ4v) is 2.32. The van der Waals surface area contributed by atoms with Gasteiger partial charge in [-0.25, -0.2) is 9.59 Å². The molecule has 0 bridgehead atoms. The lowest BCUT2D eigenvalue weighted by Gasteiger charge is -2.19. The Morgan fingerprint density at radius 3 is 2.17 bits per heavy atom. The number of carbonyl (C=O) groups is 3. The summed E-state index contributed by atoms with van der Waals surface area (Å²) >= 11 is 0. The largest absolute Gasteiger partial charge is 0.449 e. The van der Waals surface area contributed by atoms with Crippen molar-refractivity contribution in [2.24, 2.45) is 0 Å². The number of anilines is 1. The van der Waals surface area contributed by atoms with Crippen LogP contribution in [0.2, 0.25) is 0 Å². The lowest BCUT2D eigenvalue weighted by Crippen LogP contribution is -2.35. The SMILES string of the molecule is C[C@@H](OC(=O)c1ccc(NC(=O)OC(C)(C)C)cc1)C(=O)NCc1ccccc1. The van der Waals surface area contributed by atoms with Crippen molar-refractivity contribution in [3.63, 3.8) is 0 Å². The predicted octanol–water partition coefficient (Wildman–Crippen LogP) is 3.90. The van der Waals surface area contributed by atoms with E-state index in [1.54, 1.807) is 32.9 Å². The Kier molecular flexibility index (Phi) is 7.36. The van der Waals surface area contributed by atoms with Crippen LogP contribution in [0, 0.1) is 0 Å². The van der Waals surface area contributed by atoms with E-state index in [1.165, 1.54) is 19.1 Å². The molecule has 1 atom stereocenters. The summed E-state index contributed by atoms with van der Waals surface area (Å²) < 4.78 is 10.4. The number of ether oxygens (including phenoxy) is 2. The molecule has 0 spiro atoms. The summed E-state index contributed by atoms with van der Waals surface area (Å²) in [7, 11) is 0. The zero-order valence-electron chi connectivity index (χ0n) is 17.0. The Morgan fingerprint density at radius 2 is 1.59 bits per heavy atom. The molecule has 154 valence electrons. The Balaban J connectivity index is 1.84. The molecule has 0 saturated carbocycles. The first-order valence-corrected chi connectivity index (χ1v) is 9.27. The van der Waals surface area contributed by atoms with Crippen LogP contribution in [0.25, 0.3) is 0 Å². The summed E-state index contributed by atoms with van der Waals surface area (Å²) in [5.74, 6) is -1.01. The van der Waals surface area contributed by atoms with Crippen molar-refractivity contribution in [3.8, 4) is 0 Å². The second kappa shape index (κ2) is 9.73. The number of hydrogen-bond donors (Lipinski definition) is 2. The third-order valence-corrected chi connectivity index (χ3v) is 3.73. The van der Waals surface area contributed by atoms with Crippen molar-refractivity contribution in [2.45, 2.75) is 45.9 Å². The number of hydrogen-bond acceptors (Lipinski definition) is 5. The second-order valence-electron chi connectivity index (χ2n) is 7.46. The van der Waals surface area contributed by atoms with Crippen LogP contribution in [0.4, 0.5) is 10.5 Å². The Labute approximate surface area is 170 Å². The molecule has 0 saturated heterocycles. The van der Waals surface area contributed by atoms with E-state index in [2.05, 4.69) is 10.6 Å². The third-order valence-electron chi connectivity index (χ3n) is 3.73. The molecule has 0 radical (unpaired) electrons. The van der Waals surface area contributed by atoms with Crippen LogP contribution in [0.1, 0.15) is 43.6 Å². The van der Waals surface area contributed by atoms with Crippen molar-refractivity contribution in [3.05, 3.63) is 65.7 Å². The molecule has 0 unspecified atom stereocenters. The van der Waals surface area contributed by atoms with Gasteiger partial charge in [-0.05, 0) is 57.5 Å². The van der Waals surface area contributed by atoms with Crippen molar-refractivity contribution >= 4 is 23.7 Å². The average Bonchev–Trinajstić information content (AvgIpc) is 2.65. The average molecular weight is 398 g/mol. The normalized spacial score (nSPS) is 11.9. The number of benzene rings is 2. The summed E-state index contributed by atoms with van der Waals surface area (Å²) in [4.78, 5) is 36.1. The van der Waals surface area contributed by atoms with Gasteiger partial charge in [0.2, 0.25) is 0 Å². The number of nitrogens with one attached hydrogen (secondary N) is 2. The second-order valence-corrected chi connectivity index (χ2v) is 7.46. The number of amides is 2. The maximum absolute atomic E-state index is 12.2. The molecular weight excluding hydrogens is 372 g/mol. The van der Waals surface area contributed by atoms with E-state index in [0.29, 0.717) is 12.2 Å². The summed E-state index contributed by atoms with van der Waals surface area (Å²) in [5, 5.41) is 5.31. The number of rotatable bonds is 6. The van der Waals surface area contributed by atoms with Gasteiger partial charge in [-0.15, -0.1) is 0 Å². The minimum atomic E-state index is -0.939. The molecule has 2 N–H and O–H groups in total. The van der Waals surface area contributed by atoms with Gasteiger partial charge in [-0.1, -0.05) is 30.3 Å². The topological polar surface area (TPSA) is 93.7 Å². The van der Waals surface area contributed by atoms with Gasteiger partial charge in [0, 0.05) is 12.2 Å². The molecule has 0 aromatic heterocycles. The van der Waals surface area contributed by atoms with Crippen LogP contribution in [-0.4, -0.2) is 29.7 Å². The fraction of sp³-hybridized carbons (Fsp3) is 0.318. The molecule has 0 aliphatic heterocycles. The van der Waals surface area contributed by atoms with E-state index < -0.39 is 23.8 Å².